The summed E-state index contributed by atoms with van der Waals surface area (Å²) in [6, 6.07) is -0.803. The van der Waals surface area contributed by atoms with Crippen LogP contribution in [0, 0.1) is 10.8 Å². The van der Waals surface area contributed by atoms with E-state index in [1.165, 1.54) is 0 Å². The highest BCUT2D eigenvalue weighted by molar-refractivity contribution is 5.77. The highest BCUT2D eigenvalue weighted by atomic mass is 16.5. The maximum absolute atomic E-state index is 11.9. The van der Waals surface area contributed by atoms with Crippen molar-refractivity contribution in [2.24, 2.45) is 16.6 Å². The van der Waals surface area contributed by atoms with E-state index in [1.807, 2.05) is 55.4 Å². The summed E-state index contributed by atoms with van der Waals surface area (Å²) in [5.74, 6) is -0.811. The van der Waals surface area contributed by atoms with Gasteiger partial charge in [-0.25, -0.2) is 0 Å². The standard InChI is InChI=1S/C17H33NO4/c1-11(16(3,4)5)21-14(19)10-9-13(18)15(20)22-12(2)17(6,7)8/h11-13H,9-10,18H2,1-8H3/t11-,12+,13-/m0/s1. The molecular formula is C17H33NO4. The minimum atomic E-state index is -0.803. The molecule has 2 N–H and O–H groups in total. The molecule has 22 heavy (non-hydrogen) atoms. The van der Waals surface area contributed by atoms with Gasteiger partial charge in [0, 0.05) is 6.42 Å². The molecule has 0 amide bonds. The molecular weight excluding hydrogens is 282 g/mol. The minimum Gasteiger partial charge on any atom is -0.462 e. The first-order valence-corrected chi connectivity index (χ1v) is 7.90. The predicted octanol–water partition coefficient (Wildman–Crippen LogP) is 3.05. The smallest absolute Gasteiger partial charge is 0.323 e. The number of carbonyl (C=O) groups excluding carboxylic acids is 2. The molecule has 0 aliphatic carbocycles. The van der Waals surface area contributed by atoms with Gasteiger partial charge in [0.1, 0.15) is 18.2 Å². The van der Waals surface area contributed by atoms with Crippen LogP contribution in [0.15, 0.2) is 0 Å². The van der Waals surface area contributed by atoms with Gasteiger partial charge in [-0.1, -0.05) is 41.5 Å². The van der Waals surface area contributed by atoms with Crippen molar-refractivity contribution in [3.8, 4) is 0 Å². The third-order valence-corrected chi connectivity index (χ3v) is 4.00. The molecule has 0 aromatic heterocycles. The van der Waals surface area contributed by atoms with E-state index in [2.05, 4.69) is 0 Å². The maximum Gasteiger partial charge on any atom is 0.323 e. The fourth-order valence-electron chi connectivity index (χ4n) is 1.26. The van der Waals surface area contributed by atoms with E-state index in [0.717, 1.165) is 0 Å². The van der Waals surface area contributed by atoms with Crippen LogP contribution in [-0.4, -0.2) is 30.2 Å². The highest BCUT2D eigenvalue weighted by Crippen LogP contribution is 2.23. The van der Waals surface area contributed by atoms with Gasteiger partial charge in [-0.15, -0.1) is 0 Å². The molecule has 0 bridgehead atoms. The molecule has 0 rings (SSSR count). The predicted molar refractivity (Wildman–Crippen MR) is 87.2 cm³/mol. The second-order valence-electron chi connectivity index (χ2n) is 8.09. The van der Waals surface area contributed by atoms with Crippen LogP contribution in [0.25, 0.3) is 0 Å². The van der Waals surface area contributed by atoms with Crippen LogP contribution in [-0.2, 0) is 19.1 Å². The van der Waals surface area contributed by atoms with Gasteiger partial charge < -0.3 is 15.2 Å². The van der Waals surface area contributed by atoms with Crippen molar-refractivity contribution >= 4 is 11.9 Å². The second kappa shape index (κ2) is 7.95. The molecule has 0 aliphatic rings. The zero-order valence-corrected chi connectivity index (χ0v) is 15.4. The first kappa shape index (κ1) is 20.9. The Morgan fingerprint density at radius 2 is 1.32 bits per heavy atom. The van der Waals surface area contributed by atoms with Crippen molar-refractivity contribution in [2.75, 3.05) is 0 Å². The lowest BCUT2D eigenvalue weighted by atomic mass is 9.90. The number of carbonyl (C=O) groups is 2. The monoisotopic (exact) mass is 315 g/mol. The summed E-state index contributed by atoms with van der Waals surface area (Å²) >= 11 is 0. The van der Waals surface area contributed by atoms with Gasteiger partial charge in [0.25, 0.3) is 0 Å². The Balaban J connectivity index is 4.25. The van der Waals surface area contributed by atoms with Crippen molar-refractivity contribution in [3.05, 3.63) is 0 Å². The summed E-state index contributed by atoms with van der Waals surface area (Å²) in [6.45, 7) is 15.7. The molecule has 0 aromatic carbocycles. The summed E-state index contributed by atoms with van der Waals surface area (Å²) in [5, 5.41) is 0. The molecule has 0 saturated heterocycles. The molecule has 3 atom stereocenters. The van der Waals surface area contributed by atoms with Crippen LogP contribution < -0.4 is 5.73 Å². The largest absolute Gasteiger partial charge is 0.462 e. The maximum atomic E-state index is 11.9. The zero-order valence-electron chi connectivity index (χ0n) is 15.4. The van der Waals surface area contributed by atoms with E-state index < -0.39 is 12.0 Å². The molecule has 0 radical (unpaired) electrons. The van der Waals surface area contributed by atoms with Gasteiger partial charge in [0.15, 0.2) is 0 Å². The van der Waals surface area contributed by atoms with Gasteiger partial charge in [-0.3, -0.25) is 9.59 Å². The molecule has 0 aliphatic heterocycles. The fourth-order valence-corrected chi connectivity index (χ4v) is 1.26. The fraction of sp³-hybridized carbons (Fsp3) is 0.882. The van der Waals surface area contributed by atoms with E-state index in [1.54, 1.807) is 0 Å². The van der Waals surface area contributed by atoms with Crippen molar-refractivity contribution in [3.63, 3.8) is 0 Å². The Bertz CT molecular complexity index is 379. The Morgan fingerprint density at radius 3 is 1.73 bits per heavy atom. The van der Waals surface area contributed by atoms with Crippen molar-refractivity contribution in [1.82, 2.24) is 0 Å². The van der Waals surface area contributed by atoms with Crippen molar-refractivity contribution in [2.45, 2.75) is 86.5 Å². The Hall–Kier alpha value is -1.10. The molecule has 0 spiro atoms. The summed E-state index contributed by atoms with van der Waals surface area (Å²) in [6.07, 6.45) is -0.0885. The molecule has 0 aromatic rings. The Morgan fingerprint density at radius 1 is 0.909 bits per heavy atom. The van der Waals surface area contributed by atoms with Crippen LogP contribution in [0.3, 0.4) is 0 Å². The topological polar surface area (TPSA) is 78.6 Å². The minimum absolute atomic E-state index is 0.112. The number of nitrogens with two attached hydrogens (primary N) is 1. The molecule has 5 nitrogen and oxygen atoms in total. The zero-order chi connectivity index (χ0) is 17.7. The van der Waals surface area contributed by atoms with E-state index in [0.29, 0.717) is 0 Å². The molecule has 0 fully saturated rings. The number of hydrogen-bond acceptors (Lipinski definition) is 5. The van der Waals surface area contributed by atoms with Gasteiger partial charge in [-0.05, 0) is 31.1 Å². The second-order valence-corrected chi connectivity index (χ2v) is 8.09. The van der Waals surface area contributed by atoms with Crippen molar-refractivity contribution < 1.29 is 19.1 Å². The summed E-state index contributed by atoms with van der Waals surface area (Å²) in [7, 11) is 0. The molecule has 0 unspecified atom stereocenters. The summed E-state index contributed by atoms with van der Waals surface area (Å²) < 4.78 is 10.7. The van der Waals surface area contributed by atoms with Crippen LogP contribution in [0.1, 0.15) is 68.2 Å². The lowest BCUT2D eigenvalue weighted by Crippen LogP contribution is -2.38. The first-order chi connectivity index (χ1) is 9.75. The van der Waals surface area contributed by atoms with E-state index in [-0.39, 0.29) is 41.8 Å². The number of hydrogen-bond donors (Lipinski definition) is 1. The lowest BCUT2D eigenvalue weighted by molar-refractivity contribution is -0.156. The van der Waals surface area contributed by atoms with E-state index >= 15 is 0 Å². The number of esters is 2. The van der Waals surface area contributed by atoms with Crippen LogP contribution in [0.4, 0.5) is 0 Å². The van der Waals surface area contributed by atoms with E-state index in [4.69, 9.17) is 15.2 Å². The molecule has 0 saturated carbocycles. The normalized spacial score (nSPS) is 16.6. The lowest BCUT2D eigenvalue weighted by Gasteiger charge is -2.28. The van der Waals surface area contributed by atoms with Gasteiger partial charge in [0.05, 0.1) is 0 Å². The number of rotatable bonds is 6. The third-order valence-electron chi connectivity index (χ3n) is 4.00. The SMILES string of the molecule is C[C@H](OC(=O)CC[C@H](N)C(=O)O[C@H](C)C(C)(C)C)C(C)(C)C. The van der Waals surface area contributed by atoms with Crippen LogP contribution >= 0.6 is 0 Å². The molecule has 5 heteroatoms. The quantitative estimate of drug-likeness (QED) is 0.762. The highest BCUT2D eigenvalue weighted by Gasteiger charge is 2.27. The van der Waals surface area contributed by atoms with Gasteiger partial charge in [-0.2, -0.15) is 0 Å². The average Bonchev–Trinajstić information content (AvgIpc) is 2.33. The Labute approximate surface area is 134 Å². The van der Waals surface area contributed by atoms with Crippen LogP contribution in [0.5, 0.6) is 0 Å². The number of ether oxygens (including phenoxy) is 2. The first-order valence-electron chi connectivity index (χ1n) is 7.90. The summed E-state index contributed by atoms with van der Waals surface area (Å²) in [4.78, 5) is 23.7. The average molecular weight is 315 g/mol. The third kappa shape index (κ3) is 7.78. The van der Waals surface area contributed by atoms with Crippen molar-refractivity contribution in [1.29, 1.82) is 0 Å². The Kier molecular flexibility index (Phi) is 7.55. The molecule has 0 heterocycles. The van der Waals surface area contributed by atoms with Crippen LogP contribution in [0.2, 0.25) is 0 Å². The summed E-state index contributed by atoms with van der Waals surface area (Å²) in [5.41, 5.74) is 5.54. The van der Waals surface area contributed by atoms with E-state index in [9.17, 15) is 9.59 Å². The van der Waals surface area contributed by atoms with Gasteiger partial charge >= 0.3 is 11.9 Å². The molecule has 130 valence electrons. The van der Waals surface area contributed by atoms with Gasteiger partial charge in [0.2, 0.25) is 0 Å².